The van der Waals surface area contributed by atoms with E-state index in [1.807, 2.05) is 0 Å². The smallest absolute Gasteiger partial charge is 0.0485 e. The quantitative estimate of drug-likeness (QED) is 0.388. The number of rotatable bonds is 0. The highest BCUT2D eigenvalue weighted by molar-refractivity contribution is 4.94. The molecule has 0 spiro atoms. The predicted molar refractivity (Wildman–Crippen MR) is 23.4 cm³/mol. The Morgan fingerprint density at radius 1 is 1.67 bits per heavy atom. The third-order valence-corrected chi connectivity index (χ3v) is 1.52. The van der Waals surface area contributed by atoms with E-state index in [1.54, 1.807) is 0 Å². The van der Waals surface area contributed by atoms with Crippen molar-refractivity contribution in [2.24, 2.45) is 0 Å². The third-order valence-electron chi connectivity index (χ3n) is 1.52. The Kier molecular flexibility index (Phi) is 0.383. The van der Waals surface area contributed by atoms with E-state index < -0.39 is 0 Å². The standard InChI is InChI=1S/C4H8N2/c1-4-2-6(4)3-5-1/h4-5H,1-3H2. The largest absolute Gasteiger partial charge is 0.303 e. The number of nitrogens with one attached hydrogen (secondary N) is 1. The molecule has 0 saturated carbocycles. The minimum atomic E-state index is 0.935. The molecule has 2 unspecified atom stereocenters. The summed E-state index contributed by atoms with van der Waals surface area (Å²) in [5, 5.41) is 3.25. The Morgan fingerprint density at radius 3 is 2.83 bits per heavy atom. The maximum absolute atomic E-state index is 3.25. The number of nitrogens with zero attached hydrogens (tertiary/aromatic N) is 1. The molecule has 2 aliphatic rings. The first kappa shape index (κ1) is 2.99. The van der Waals surface area contributed by atoms with Crippen LogP contribution in [0.4, 0.5) is 0 Å². The Bertz CT molecular complexity index is 63.9. The molecule has 2 saturated heterocycles. The first-order chi connectivity index (χ1) is 2.97. The molecule has 0 aromatic carbocycles. The van der Waals surface area contributed by atoms with E-state index in [0.717, 1.165) is 12.7 Å². The molecule has 0 aromatic rings. The highest BCUT2D eigenvalue weighted by Gasteiger charge is 2.37. The highest BCUT2D eigenvalue weighted by atomic mass is 15.4. The van der Waals surface area contributed by atoms with Gasteiger partial charge in [0.1, 0.15) is 0 Å². The van der Waals surface area contributed by atoms with Crippen LogP contribution in [0.1, 0.15) is 0 Å². The van der Waals surface area contributed by atoms with Gasteiger partial charge < -0.3 is 5.32 Å². The topological polar surface area (TPSA) is 15.0 Å². The summed E-state index contributed by atoms with van der Waals surface area (Å²) in [5.74, 6) is 0. The molecule has 2 atom stereocenters. The molecule has 0 amide bonds. The Balaban J connectivity index is 2.09. The first-order valence-electron chi connectivity index (χ1n) is 2.41. The van der Waals surface area contributed by atoms with E-state index in [2.05, 4.69) is 10.2 Å². The molecule has 0 aliphatic carbocycles. The lowest BCUT2D eigenvalue weighted by molar-refractivity contribution is 0.564. The monoisotopic (exact) mass is 84.1 g/mol. The summed E-state index contributed by atoms with van der Waals surface area (Å²) in [4.78, 5) is 2.42. The molecule has 2 nitrogen and oxygen atoms in total. The van der Waals surface area contributed by atoms with E-state index in [1.165, 1.54) is 13.1 Å². The van der Waals surface area contributed by atoms with E-state index in [4.69, 9.17) is 0 Å². The van der Waals surface area contributed by atoms with Crippen LogP contribution in [0.5, 0.6) is 0 Å². The lowest BCUT2D eigenvalue weighted by Gasteiger charge is -1.87. The normalized spacial score (nSPS) is 52.0. The average molecular weight is 84.1 g/mol. The SMILES string of the molecule is C1NCN2CC12. The van der Waals surface area contributed by atoms with Gasteiger partial charge in [0.15, 0.2) is 0 Å². The fourth-order valence-corrected chi connectivity index (χ4v) is 0.986. The van der Waals surface area contributed by atoms with Crippen LogP contribution in [-0.4, -0.2) is 30.7 Å². The molecule has 1 N–H and O–H groups in total. The third kappa shape index (κ3) is 0.235. The second kappa shape index (κ2) is 0.768. The lowest BCUT2D eigenvalue weighted by Crippen LogP contribution is -2.14. The van der Waals surface area contributed by atoms with Crippen molar-refractivity contribution in [3.63, 3.8) is 0 Å². The molecule has 34 valence electrons. The van der Waals surface area contributed by atoms with Crippen molar-refractivity contribution in [1.82, 2.24) is 10.2 Å². The molecule has 2 aliphatic heterocycles. The number of hydrogen-bond donors (Lipinski definition) is 1. The van der Waals surface area contributed by atoms with Gasteiger partial charge in [-0.15, -0.1) is 0 Å². The van der Waals surface area contributed by atoms with Crippen LogP contribution < -0.4 is 5.32 Å². The summed E-state index contributed by atoms with van der Waals surface area (Å²) < 4.78 is 0. The predicted octanol–water partition coefficient (Wildman–Crippen LogP) is -0.769. The fraction of sp³-hybridized carbons (Fsp3) is 1.00. The number of hydrogen-bond acceptors (Lipinski definition) is 2. The summed E-state index contributed by atoms with van der Waals surface area (Å²) in [6.45, 7) is 3.73. The summed E-state index contributed by atoms with van der Waals surface area (Å²) in [6, 6.07) is 0.935. The summed E-state index contributed by atoms with van der Waals surface area (Å²) >= 11 is 0. The molecule has 0 aromatic heterocycles. The molecular weight excluding hydrogens is 76.1 g/mol. The van der Waals surface area contributed by atoms with Gasteiger partial charge in [0.05, 0.1) is 0 Å². The van der Waals surface area contributed by atoms with Gasteiger partial charge in [-0.2, -0.15) is 0 Å². The van der Waals surface area contributed by atoms with Crippen molar-refractivity contribution < 1.29 is 0 Å². The lowest BCUT2D eigenvalue weighted by atomic mass is 10.5. The number of fused-ring (bicyclic) bond motifs is 1. The van der Waals surface area contributed by atoms with E-state index in [9.17, 15) is 0 Å². The van der Waals surface area contributed by atoms with Crippen LogP contribution in [0, 0.1) is 0 Å². The summed E-state index contributed by atoms with van der Waals surface area (Å²) in [6.07, 6.45) is 0. The zero-order valence-corrected chi connectivity index (χ0v) is 3.65. The van der Waals surface area contributed by atoms with Gasteiger partial charge in [-0.3, -0.25) is 4.90 Å². The van der Waals surface area contributed by atoms with Crippen LogP contribution in [0.15, 0.2) is 0 Å². The summed E-state index contributed by atoms with van der Waals surface area (Å²) in [5.41, 5.74) is 0. The van der Waals surface area contributed by atoms with Crippen molar-refractivity contribution in [2.75, 3.05) is 19.8 Å². The molecule has 0 bridgehead atoms. The van der Waals surface area contributed by atoms with Crippen LogP contribution in [0.2, 0.25) is 0 Å². The minimum absolute atomic E-state index is 0.935. The van der Waals surface area contributed by atoms with E-state index in [-0.39, 0.29) is 0 Å². The van der Waals surface area contributed by atoms with Crippen LogP contribution in [-0.2, 0) is 0 Å². The van der Waals surface area contributed by atoms with Gasteiger partial charge in [-0.05, 0) is 0 Å². The van der Waals surface area contributed by atoms with Gasteiger partial charge in [0, 0.05) is 25.8 Å². The van der Waals surface area contributed by atoms with Crippen molar-refractivity contribution in [3.8, 4) is 0 Å². The Morgan fingerprint density at radius 2 is 2.67 bits per heavy atom. The van der Waals surface area contributed by atoms with Gasteiger partial charge in [-0.25, -0.2) is 0 Å². The van der Waals surface area contributed by atoms with Gasteiger partial charge >= 0.3 is 0 Å². The molecule has 0 radical (unpaired) electrons. The van der Waals surface area contributed by atoms with Crippen LogP contribution in [0.3, 0.4) is 0 Å². The average Bonchev–Trinajstić information content (AvgIpc) is 2.17. The Labute approximate surface area is 37.1 Å². The molecular formula is C4H8N2. The van der Waals surface area contributed by atoms with E-state index in [0.29, 0.717) is 0 Å². The first-order valence-corrected chi connectivity index (χ1v) is 2.41. The van der Waals surface area contributed by atoms with Crippen molar-refractivity contribution in [2.45, 2.75) is 6.04 Å². The maximum Gasteiger partial charge on any atom is 0.0485 e. The van der Waals surface area contributed by atoms with Gasteiger partial charge in [0.2, 0.25) is 0 Å². The maximum atomic E-state index is 3.25. The molecule has 2 heteroatoms. The minimum Gasteiger partial charge on any atom is -0.303 e. The molecule has 2 rings (SSSR count). The zero-order chi connectivity index (χ0) is 3.98. The van der Waals surface area contributed by atoms with Gasteiger partial charge in [0.25, 0.3) is 0 Å². The highest BCUT2D eigenvalue weighted by Crippen LogP contribution is 2.18. The second-order valence-corrected chi connectivity index (χ2v) is 2.04. The molecule has 2 heterocycles. The summed E-state index contributed by atoms with van der Waals surface area (Å²) in [7, 11) is 0. The van der Waals surface area contributed by atoms with Crippen LogP contribution >= 0.6 is 0 Å². The van der Waals surface area contributed by atoms with Crippen LogP contribution in [0.25, 0.3) is 0 Å². The van der Waals surface area contributed by atoms with E-state index >= 15 is 0 Å². The fourth-order valence-electron chi connectivity index (χ4n) is 0.986. The Hall–Kier alpha value is -0.0800. The molecule has 2 fully saturated rings. The zero-order valence-electron chi connectivity index (χ0n) is 3.65. The molecule has 6 heavy (non-hydrogen) atoms. The van der Waals surface area contributed by atoms with Crippen molar-refractivity contribution in [1.29, 1.82) is 0 Å². The van der Waals surface area contributed by atoms with Crippen molar-refractivity contribution >= 4 is 0 Å². The second-order valence-electron chi connectivity index (χ2n) is 2.04. The van der Waals surface area contributed by atoms with Gasteiger partial charge in [-0.1, -0.05) is 0 Å². The van der Waals surface area contributed by atoms with Crippen molar-refractivity contribution in [3.05, 3.63) is 0 Å².